The molecule has 136 valence electrons. The van der Waals surface area contributed by atoms with Crippen molar-refractivity contribution in [3.8, 4) is 5.75 Å². The Balaban J connectivity index is 1.74. The molecule has 3 nitrogen and oxygen atoms in total. The lowest BCUT2D eigenvalue weighted by Crippen LogP contribution is -2.45. The molecule has 1 aliphatic heterocycles. The maximum atomic E-state index is 6.02. The van der Waals surface area contributed by atoms with E-state index in [0.29, 0.717) is 28.7 Å². The predicted molar refractivity (Wildman–Crippen MR) is 101 cm³/mol. The Morgan fingerprint density at radius 2 is 2.04 bits per heavy atom. The van der Waals surface area contributed by atoms with Crippen molar-refractivity contribution in [1.82, 2.24) is 4.90 Å². The van der Waals surface area contributed by atoms with Crippen molar-refractivity contribution in [2.45, 2.75) is 45.1 Å². The fourth-order valence-electron chi connectivity index (χ4n) is 3.31. The summed E-state index contributed by atoms with van der Waals surface area (Å²) in [6.45, 7) is 6.33. The molecule has 0 amide bonds. The molecule has 0 saturated carbocycles. The molecule has 1 heterocycles. The summed E-state index contributed by atoms with van der Waals surface area (Å²) < 4.78 is 11.6. The minimum Gasteiger partial charge on any atom is -0.494 e. The van der Waals surface area contributed by atoms with E-state index >= 15 is 0 Å². The average molecular weight is 374 g/mol. The Hall–Kier alpha value is -0.480. The fraction of sp³-hybridized carbons (Fsp3) is 0.684. The standard InChI is InChI=1S/C19H29Cl2NO2/c1-3-4-5-10-22-11-8-15(19(14-22)23-2)9-12-24-16-6-7-17(20)18(21)13-16/h6-7,13,15,19H,3-5,8-12,14H2,1-2H3. The average Bonchev–Trinajstić information content (AvgIpc) is 2.59. The van der Waals surface area contributed by atoms with Gasteiger partial charge in [0.05, 0.1) is 22.8 Å². The first kappa shape index (κ1) is 19.8. The molecule has 2 rings (SSSR count). The molecular weight excluding hydrogens is 345 g/mol. The van der Waals surface area contributed by atoms with E-state index in [-0.39, 0.29) is 0 Å². The molecule has 5 heteroatoms. The lowest BCUT2D eigenvalue weighted by Gasteiger charge is -2.37. The van der Waals surface area contributed by atoms with Gasteiger partial charge in [0, 0.05) is 19.7 Å². The summed E-state index contributed by atoms with van der Waals surface area (Å²) in [5.41, 5.74) is 0. The van der Waals surface area contributed by atoms with Crippen molar-refractivity contribution < 1.29 is 9.47 Å². The maximum Gasteiger partial charge on any atom is 0.120 e. The van der Waals surface area contributed by atoms with Gasteiger partial charge in [0.2, 0.25) is 0 Å². The number of methoxy groups -OCH3 is 1. The summed E-state index contributed by atoms with van der Waals surface area (Å²) in [4.78, 5) is 2.54. The molecule has 0 N–H and O–H groups in total. The topological polar surface area (TPSA) is 21.7 Å². The number of ether oxygens (including phenoxy) is 2. The zero-order chi connectivity index (χ0) is 17.4. The van der Waals surface area contributed by atoms with E-state index in [2.05, 4.69) is 11.8 Å². The maximum absolute atomic E-state index is 6.02. The van der Waals surface area contributed by atoms with Crippen molar-refractivity contribution in [3.05, 3.63) is 28.2 Å². The van der Waals surface area contributed by atoms with Crippen molar-refractivity contribution in [3.63, 3.8) is 0 Å². The Kier molecular flexibility index (Phi) is 8.68. The normalized spacial score (nSPS) is 21.8. The minimum absolute atomic E-state index is 0.304. The summed E-state index contributed by atoms with van der Waals surface area (Å²) in [6.07, 6.45) is 6.36. The number of halogens is 2. The third-order valence-corrected chi connectivity index (χ3v) is 5.55. The van der Waals surface area contributed by atoms with Crippen molar-refractivity contribution in [1.29, 1.82) is 0 Å². The van der Waals surface area contributed by atoms with Crippen LogP contribution in [0, 0.1) is 5.92 Å². The predicted octanol–water partition coefficient (Wildman–Crippen LogP) is 5.29. The van der Waals surface area contributed by atoms with Gasteiger partial charge in [0.25, 0.3) is 0 Å². The second-order valence-electron chi connectivity index (χ2n) is 6.54. The van der Waals surface area contributed by atoms with E-state index in [0.717, 1.165) is 18.7 Å². The van der Waals surface area contributed by atoms with Gasteiger partial charge >= 0.3 is 0 Å². The number of unbranched alkanes of at least 4 members (excludes halogenated alkanes) is 2. The summed E-state index contributed by atoms with van der Waals surface area (Å²) in [5, 5.41) is 1.09. The van der Waals surface area contributed by atoms with Crippen LogP contribution in [0.15, 0.2) is 18.2 Å². The van der Waals surface area contributed by atoms with Gasteiger partial charge in [-0.15, -0.1) is 0 Å². The Morgan fingerprint density at radius 1 is 1.21 bits per heavy atom. The quantitative estimate of drug-likeness (QED) is 0.548. The highest BCUT2D eigenvalue weighted by molar-refractivity contribution is 6.42. The molecule has 0 radical (unpaired) electrons. The molecular formula is C19H29Cl2NO2. The monoisotopic (exact) mass is 373 g/mol. The molecule has 2 unspecified atom stereocenters. The smallest absolute Gasteiger partial charge is 0.120 e. The lowest BCUT2D eigenvalue weighted by molar-refractivity contribution is -0.0180. The van der Waals surface area contributed by atoms with Gasteiger partial charge in [-0.25, -0.2) is 0 Å². The van der Waals surface area contributed by atoms with Crippen LogP contribution >= 0.6 is 23.2 Å². The highest BCUT2D eigenvalue weighted by atomic mass is 35.5. The number of hydrogen-bond donors (Lipinski definition) is 0. The zero-order valence-electron chi connectivity index (χ0n) is 14.8. The molecule has 0 spiro atoms. The number of piperidine rings is 1. The molecule has 2 atom stereocenters. The zero-order valence-corrected chi connectivity index (χ0v) is 16.3. The summed E-state index contributed by atoms with van der Waals surface area (Å²) in [5.74, 6) is 1.33. The number of nitrogens with zero attached hydrogens (tertiary/aromatic N) is 1. The first-order valence-corrected chi connectivity index (χ1v) is 9.72. The van der Waals surface area contributed by atoms with Crippen LogP contribution < -0.4 is 4.74 Å². The second-order valence-corrected chi connectivity index (χ2v) is 7.36. The summed E-state index contributed by atoms with van der Waals surface area (Å²) in [7, 11) is 1.83. The van der Waals surface area contributed by atoms with Crippen LogP contribution in [0.2, 0.25) is 10.0 Å². The molecule has 0 aliphatic carbocycles. The van der Waals surface area contributed by atoms with Crippen LogP contribution in [-0.4, -0.2) is 44.4 Å². The van der Waals surface area contributed by atoms with E-state index in [1.54, 1.807) is 12.1 Å². The Labute approximate surface area is 156 Å². The first-order valence-electron chi connectivity index (χ1n) is 8.97. The van der Waals surface area contributed by atoms with Crippen LogP contribution in [0.25, 0.3) is 0 Å². The van der Waals surface area contributed by atoms with Gasteiger partial charge in [-0.1, -0.05) is 43.0 Å². The Bertz CT molecular complexity index is 498. The first-order chi connectivity index (χ1) is 11.6. The minimum atomic E-state index is 0.304. The number of likely N-dealkylation sites (tertiary alicyclic amines) is 1. The van der Waals surface area contributed by atoms with Crippen LogP contribution in [0.5, 0.6) is 5.75 Å². The molecule has 1 saturated heterocycles. The van der Waals surface area contributed by atoms with Crippen molar-refractivity contribution in [2.75, 3.05) is 33.4 Å². The Morgan fingerprint density at radius 3 is 2.75 bits per heavy atom. The SMILES string of the molecule is CCCCCN1CCC(CCOc2ccc(Cl)c(Cl)c2)C(OC)C1. The summed E-state index contributed by atoms with van der Waals surface area (Å²) in [6, 6.07) is 5.40. The second kappa shape index (κ2) is 10.5. The third kappa shape index (κ3) is 6.11. The highest BCUT2D eigenvalue weighted by Gasteiger charge is 2.28. The van der Waals surface area contributed by atoms with Crippen molar-refractivity contribution >= 4 is 23.2 Å². The highest BCUT2D eigenvalue weighted by Crippen LogP contribution is 2.28. The van der Waals surface area contributed by atoms with Crippen molar-refractivity contribution in [2.24, 2.45) is 5.92 Å². The lowest BCUT2D eigenvalue weighted by atomic mass is 9.91. The van der Waals surface area contributed by atoms with E-state index in [9.17, 15) is 0 Å². The van der Waals surface area contributed by atoms with Crippen LogP contribution in [-0.2, 0) is 4.74 Å². The molecule has 0 bridgehead atoms. The number of rotatable bonds is 9. The van der Waals surface area contributed by atoms with Gasteiger partial charge < -0.3 is 14.4 Å². The van der Waals surface area contributed by atoms with Gasteiger partial charge in [0.15, 0.2) is 0 Å². The fourth-order valence-corrected chi connectivity index (χ4v) is 3.60. The van der Waals surface area contributed by atoms with Crippen LogP contribution in [0.1, 0.15) is 39.0 Å². The number of benzene rings is 1. The van der Waals surface area contributed by atoms with Crippen LogP contribution in [0.3, 0.4) is 0 Å². The molecule has 0 aromatic heterocycles. The number of hydrogen-bond acceptors (Lipinski definition) is 3. The largest absolute Gasteiger partial charge is 0.494 e. The van der Waals surface area contributed by atoms with E-state index in [1.165, 1.54) is 38.8 Å². The van der Waals surface area contributed by atoms with E-state index in [4.69, 9.17) is 32.7 Å². The van der Waals surface area contributed by atoms with Gasteiger partial charge in [-0.3, -0.25) is 0 Å². The molecule has 1 aromatic carbocycles. The third-order valence-electron chi connectivity index (χ3n) is 4.81. The molecule has 1 fully saturated rings. The van der Waals surface area contributed by atoms with Crippen LogP contribution in [0.4, 0.5) is 0 Å². The summed E-state index contributed by atoms with van der Waals surface area (Å²) >= 11 is 11.9. The van der Waals surface area contributed by atoms with E-state index in [1.807, 2.05) is 13.2 Å². The van der Waals surface area contributed by atoms with E-state index < -0.39 is 0 Å². The molecule has 1 aromatic rings. The van der Waals surface area contributed by atoms with Gasteiger partial charge in [0.1, 0.15) is 5.75 Å². The molecule has 24 heavy (non-hydrogen) atoms. The van der Waals surface area contributed by atoms with Gasteiger partial charge in [-0.2, -0.15) is 0 Å². The molecule has 1 aliphatic rings. The van der Waals surface area contributed by atoms with Gasteiger partial charge in [-0.05, 0) is 50.4 Å².